The molecule has 96 valence electrons. The maximum absolute atomic E-state index is 5.78. The maximum Gasteiger partial charge on any atom is 0.146 e. The Morgan fingerprint density at radius 2 is 2.00 bits per heavy atom. The van der Waals surface area contributed by atoms with Crippen molar-refractivity contribution in [2.45, 2.75) is 33.0 Å². The normalized spacial score (nSPS) is 10.8. The standard InChI is InChI=1S/C15H19NO2/c1-12(2)16-10-13-6-3-4-8-15(13)18-11-14-7-5-9-17-14/h3-9,12,16H,10-11H2,1-2H3. The largest absolute Gasteiger partial charge is 0.485 e. The molecule has 0 saturated heterocycles. The highest BCUT2D eigenvalue weighted by atomic mass is 16.5. The first-order valence-corrected chi connectivity index (χ1v) is 6.22. The molecule has 3 nitrogen and oxygen atoms in total. The van der Waals surface area contributed by atoms with Gasteiger partial charge in [-0.05, 0) is 18.2 Å². The molecule has 0 aliphatic heterocycles. The minimum Gasteiger partial charge on any atom is -0.485 e. The Balaban J connectivity index is 1.98. The van der Waals surface area contributed by atoms with Crippen molar-refractivity contribution in [3.63, 3.8) is 0 Å². The maximum atomic E-state index is 5.78. The predicted molar refractivity (Wildman–Crippen MR) is 71.5 cm³/mol. The third-order valence-corrected chi connectivity index (χ3v) is 2.62. The summed E-state index contributed by atoms with van der Waals surface area (Å²) in [5.41, 5.74) is 1.16. The number of ether oxygens (including phenoxy) is 1. The van der Waals surface area contributed by atoms with Crippen LogP contribution in [0.1, 0.15) is 25.2 Å². The van der Waals surface area contributed by atoms with Gasteiger partial charge in [-0.3, -0.25) is 0 Å². The van der Waals surface area contributed by atoms with Crippen molar-refractivity contribution in [2.24, 2.45) is 0 Å². The van der Waals surface area contributed by atoms with Gasteiger partial charge in [0.15, 0.2) is 0 Å². The van der Waals surface area contributed by atoms with Gasteiger partial charge < -0.3 is 14.5 Å². The number of rotatable bonds is 6. The molecule has 1 N–H and O–H groups in total. The molecule has 1 aromatic carbocycles. The van der Waals surface area contributed by atoms with E-state index in [1.165, 1.54) is 0 Å². The van der Waals surface area contributed by atoms with Crippen LogP contribution >= 0.6 is 0 Å². The van der Waals surface area contributed by atoms with Gasteiger partial charge in [0.25, 0.3) is 0 Å². The lowest BCUT2D eigenvalue weighted by Crippen LogP contribution is -2.22. The second-order valence-corrected chi connectivity index (χ2v) is 4.51. The number of benzene rings is 1. The van der Waals surface area contributed by atoms with Crippen LogP contribution in [0.25, 0.3) is 0 Å². The fourth-order valence-electron chi connectivity index (χ4n) is 1.65. The third kappa shape index (κ3) is 3.64. The van der Waals surface area contributed by atoms with Crippen LogP contribution in [-0.4, -0.2) is 6.04 Å². The Kier molecular flexibility index (Phi) is 4.42. The van der Waals surface area contributed by atoms with Gasteiger partial charge in [0, 0.05) is 18.2 Å². The van der Waals surface area contributed by atoms with Gasteiger partial charge >= 0.3 is 0 Å². The van der Waals surface area contributed by atoms with Crippen molar-refractivity contribution in [3.05, 3.63) is 54.0 Å². The quantitative estimate of drug-likeness (QED) is 0.847. The Labute approximate surface area is 108 Å². The Hall–Kier alpha value is -1.74. The van der Waals surface area contributed by atoms with E-state index in [2.05, 4.69) is 25.2 Å². The zero-order valence-electron chi connectivity index (χ0n) is 10.8. The van der Waals surface area contributed by atoms with Crippen molar-refractivity contribution < 1.29 is 9.15 Å². The fourth-order valence-corrected chi connectivity index (χ4v) is 1.65. The van der Waals surface area contributed by atoms with Crippen LogP contribution < -0.4 is 10.1 Å². The molecule has 3 heteroatoms. The minimum absolute atomic E-state index is 0.461. The summed E-state index contributed by atoms with van der Waals surface area (Å²) in [6.07, 6.45) is 1.66. The first kappa shape index (κ1) is 12.7. The zero-order valence-corrected chi connectivity index (χ0v) is 10.8. The van der Waals surface area contributed by atoms with Gasteiger partial charge in [-0.2, -0.15) is 0 Å². The van der Waals surface area contributed by atoms with Gasteiger partial charge in [-0.1, -0.05) is 32.0 Å². The molecule has 0 aliphatic rings. The minimum atomic E-state index is 0.461. The van der Waals surface area contributed by atoms with E-state index in [1.54, 1.807) is 6.26 Å². The molecule has 0 unspecified atom stereocenters. The van der Waals surface area contributed by atoms with E-state index in [0.717, 1.165) is 23.6 Å². The Morgan fingerprint density at radius 3 is 2.72 bits per heavy atom. The van der Waals surface area contributed by atoms with Crippen LogP contribution in [0.2, 0.25) is 0 Å². The van der Waals surface area contributed by atoms with Crippen molar-refractivity contribution in [2.75, 3.05) is 0 Å². The summed E-state index contributed by atoms with van der Waals surface area (Å²) in [5, 5.41) is 3.39. The summed E-state index contributed by atoms with van der Waals surface area (Å²) in [4.78, 5) is 0. The van der Waals surface area contributed by atoms with Crippen molar-refractivity contribution >= 4 is 0 Å². The second kappa shape index (κ2) is 6.26. The van der Waals surface area contributed by atoms with Gasteiger partial charge in [0.05, 0.1) is 6.26 Å². The molecule has 0 radical (unpaired) electrons. The summed E-state index contributed by atoms with van der Waals surface area (Å²) in [6.45, 7) is 5.54. The molecule has 1 aromatic heterocycles. The molecule has 1 heterocycles. The lowest BCUT2D eigenvalue weighted by atomic mass is 10.2. The van der Waals surface area contributed by atoms with Gasteiger partial charge in [0.1, 0.15) is 18.1 Å². The Bertz CT molecular complexity index is 463. The number of furan rings is 1. The lowest BCUT2D eigenvalue weighted by Gasteiger charge is -2.13. The number of hydrogen-bond donors (Lipinski definition) is 1. The van der Waals surface area contributed by atoms with E-state index in [4.69, 9.17) is 9.15 Å². The average Bonchev–Trinajstić information content (AvgIpc) is 2.88. The fraction of sp³-hybridized carbons (Fsp3) is 0.333. The molecule has 0 saturated carbocycles. The molecular weight excluding hydrogens is 226 g/mol. The van der Waals surface area contributed by atoms with E-state index in [1.807, 2.05) is 30.3 Å². The molecule has 18 heavy (non-hydrogen) atoms. The van der Waals surface area contributed by atoms with Gasteiger partial charge in [-0.15, -0.1) is 0 Å². The van der Waals surface area contributed by atoms with Crippen LogP contribution in [0, 0.1) is 0 Å². The summed E-state index contributed by atoms with van der Waals surface area (Å²) < 4.78 is 11.0. The van der Waals surface area contributed by atoms with Crippen LogP contribution in [-0.2, 0) is 13.2 Å². The van der Waals surface area contributed by atoms with E-state index in [-0.39, 0.29) is 0 Å². The number of hydrogen-bond acceptors (Lipinski definition) is 3. The van der Waals surface area contributed by atoms with Crippen LogP contribution in [0.5, 0.6) is 5.75 Å². The highest BCUT2D eigenvalue weighted by Gasteiger charge is 2.04. The Morgan fingerprint density at radius 1 is 1.17 bits per heavy atom. The average molecular weight is 245 g/mol. The number of nitrogens with one attached hydrogen (secondary N) is 1. The van der Waals surface area contributed by atoms with E-state index < -0.39 is 0 Å². The number of para-hydroxylation sites is 1. The van der Waals surface area contributed by atoms with Gasteiger partial charge in [-0.25, -0.2) is 0 Å². The topological polar surface area (TPSA) is 34.4 Å². The smallest absolute Gasteiger partial charge is 0.146 e. The molecule has 0 amide bonds. The van der Waals surface area contributed by atoms with E-state index >= 15 is 0 Å². The summed E-state index contributed by atoms with van der Waals surface area (Å²) in [6, 6.07) is 12.3. The molecule has 0 bridgehead atoms. The van der Waals surface area contributed by atoms with Crippen molar-refractivity contribution in [1.29, 1.82) is 0 Å². The third-order valence-electron chi connectivity index (χ3n) is 2.62. The zero-order chi connectivity index (χ0) is 12.8. The molecule has 0 aliphatic carbocycles. The van der Waals surface area contributed by atoms with Crippen LogP contribution in [0.3, 0.4) is 0 Å². The van der Waals surface area contributed by atoms with E-state index in [0.29, 0.717) is 12.6 Å². The molecule has 2 aromatic rings. The summed E-state index contributed by atoms with van der Waals surface area (Å²) in [7, 11) is 0. The first-order valence-electron chi connectivity index (χ1n) is 6.22. The highest BCUT2D eigenvalue weighted by Crippen LogP contribution is 2.19. The lowest BCUT2D eigenvalue weighted by molar-refractivity contribution is 0.267. The summed E-state index contributed by atoms with van der Waals surface area (Å²) >= 11 is 0. The molecule has 0 fully saturated rings. The molecular formula is C15H19NO2. The molecule has 0 atom stereocenters. The first-order chi connectivity index (χ1) is 8.75. The van der Waals surface area contributed by atoms with Crippen molar-refractivity contribution in [3.8, 4) is 5.75 Å². The van der Waals surface area contributed by atoms with Crippen LogP contribution in [0.15, 0.2) is 47.1 Å². The monoisotopic (exact) mass is 245 g/mol. The van der Waals surface area contributed by atoms with Crippen LogP contribution in [0.4, 0.5) is 0 Å². The summed E-state index contributed by atoms with van der Waals surface area (Å²) in [5.74, 6) is 1.74. The molecule has 0 spiro atoms. The SMILES string of the molecule is CC(C)NCc1ccccc1OCc1ccco1. The molecule has 2 rings (SSSR count). The predicted octanol–water partition coefficient (Wildman–Crippen LogP) is 3.36. The van der Waals surface area contributed by atoms with Gasteiger partial charge in [0.2, 0.25) is 0 Å². The second-order valence-electron chi connectivity index (χ2n) is 4.51. The highest BCUT2D eigenvalue weighted by molar-refractivity contribution is 5.33. The van der Waals surface area contributed by atoms with E-state index in [9.17, 15) is 0 Å². The van der Waals surface area contributed by atoms with Crippen molar-refractivity contribution in [1.82, 2.24) is 5.32 Å².